The van der Waals surface area contributed by atoms with Gasteiger partial charge in [-0.25, -0.2) is 4.39 Å². The molecule has 1 fully saturated rings. The van der Waals surface area contributed by atoms with Gasteiger partial charge in [-0.05, 0) is 23.6 Å². The van der Waals surface area contributed by atoms with E-state index in [-0.39, 0.29) is 24.2 Å². The third-order valence-electron chi connectivity index (χ3n) is 3.63. The van der Waals surface area contributed by atoms with Gasteiger partial charge in [0, 0.05) is 26.2 Å². The first kappa shape index (κ1) is 16.9. The number of morpholine rings is 1. The van der Waals surface area contributed by atoms with Gasteiger partial charge in [0.2, 0.25) is 5.91 Å². The lowest BCUT2D eigenvalue weighted by molar-refractivity contribution is -0.121. The molecule has 1 aliphatic heterocycles. The van der Waals surface area contributed by atoms with Gasteiger partial charge in [-0.15, -0.1) is 0 Å². The molecule has 1 amide bonds. The molecule has 0 saturated carbocycles. The molecule has 1 aliphatic rings. The molecule has 1 unspecified atom stereocenters. The number of ether oxygens (including phenoxy) is 1. The number of amides is 1. The second kappa shape index (κ2) is 8.25. The first-order valence-electron chi connectivity index (χ1n) is 7.88. The van der Waals surface area contributed by atoms with Crippen molar-refractivity contribution >= 4 is 5.91 Å². The first-order valence-corrected chi connectivity index (χ1v) is 7.88. The van der Waals surface area contributed by atoms with Crippen LogP contribution in [0.25, 0.3) is 0 Å². The van der Waals surface area contributed by atoms with E-state index in [1.165, 1.54) is 12.1 Å². The van der Waals surface area contributed by atoms with Crippen LogP contribution >= 0.6 is 0 Å². The molecular weight excluding hydrogens is 283 g/mol. The van der Waals surface area contributed by atoms with Crippen molar-refractivity contribution in [3.63, 3.8) is 0 Å². The second-order valence-electron chi connectivity index (χ2n) is 6.26. The van der Waals surface area contributed by atoms with Crippen molar-refractivity contribution < 1.29 is 13.9 Å². The summed E-state index contributed by atoms with van der Waals surface area (Å²) in [5.74, 6) is 0.210. The number of rotatable bonds is 6. The van der Waals surface area contributed by atoms with Gasteiger partial charge in [0.25, 0.3) is 0 Å². The number of benzene rings is 1. The van der Waals surface area contributed by atoms with Gasteiger partial charge in [-0.3, -0.25) is 9.69 Å². The molecule has 5 heteroatoms. The van der Waals surface area contributed by atoms with Crippen LogP contribution < -0.4 is 5.32 Å². The van der Waals surface area contributed by atoms with Crippen LogP contribution in [0.3, 0.4) is 0 Å². The van der Waals surface area contributed by atoms with Crippen LogP contribution in [-0.4, -0.2) is 49.7 Å². The summed E-state index contributed by atoms with van der Waals surface area (Å²) >= 11 is 0. The zero-order valence-electron chi connectivity index (χ0n) is 13.3. The predicted octanol–water partition coefficient (Wildman–Crippen LogP) is 1.84. The molecule has 122 valence electrons. The molecule has 0 bridgehead atoms. The topological polar surface area (TPSA) is 41.6 Å². The Morgan fingerprint density at radius 3 is 3.05 bits per heavy atom. The molecule has 1 aromatic rings. The van der Waals surface area contributed by atoms with Gasteiger partial charge in [0.05, 0.1) is 19.1 Å². The maximum Gasteiger partial charge on any atom is 0.224 e. The molecule has 1 heterocycles. The van der Waals surface area contributed by atoms with Gasteiger partial charge < -0.3 is 10.1 Å². The summed E-state index contributed by atoms with van der Waals surface area (Å²) in [4.78, 5) is 14.3. The van der Waals surface area contributed by atoms with Crippen molar-refractivity contribution in [3.8, 4) is 0 Å². The molecule has 0 aliphatic carbocycles. The fourth-order valence-corrected chi connectivity index (χ4v) is 2.71. The SMILES string of the molecule is CC(C)CN1CCOC(CNC(=O)Cc2cccc(F)c2)C1. The van der Waals surface area contributed by atoms with E-state index in [9.17, 15) is 9.18 Å². The van der Waals surface area contributed by atoms with E-state index in [0.29, 0.717) is 24.6 Å². The Kier molecular flexibility index (Phi) is 6.34. The number of carbonyl (C=O) groups excluding carboxylic acids is 1. The second-order valence-corrected chi connectivity index (χ2v) is 6.26. The van der Waals surface area contributed by atoms with E-state index in [0.717, 1.165) is 19.6 Å². The molecular formula is C17H25FN2O2. The minimum atomic E-state index is -0.315. The Morgan fingerprint density at radius 1 is 1.50 bits per heavy atom. The van der Waals surface area contributed by atoms with E-state index in [4.69, 9.17) is 4.74 Å². The van der Waals surface area contributed by atoms with Crippen LogP contribution in [0, 0.1) is 11.7 Å². The largest absolute Gasteiger partial charge is 0.374 e. The number of hydrogen-bond donors (Lipinski definition) is 1. The molecule has 2 rings (SSSR count). The highest BCUT2D eigenvalue weighted by molar-refractivity contribution is 5.78. The summed E-state index contributed by atoms with van der Waals surface area (Å²) in [5, 5.41) is 2.88. The Labute approximate surface area is 131 Å². The van der Waals surface area contributed by atoms with Crippen molar-refractivity contribution in [1.82, 2.24) is 10.2 Å². The van der Waals surface area contributed by atoms with Crippen molar-refractivity contribution in [1.29, 1.82) is 0 Å². The number of nitrogens with zero attached hydrogens (tertiary/aromatic N) is 1. The van der Waals surface area contributed by atoms with Crippen LogP contribution in [0.2, 0.25) is 0 Å². The molecule has 1 aromatic carbocycles. The molecule has 1 atom stereocenters. The normalized spacial score (nSPS) is 19.4. The van der Waals surface area contributed by atoms with Crippen molar-refractivity contribution in [2.75, 3.05) is 32.8 Å². The molecule has 1 saturated heterocycles. The van der Waals surface area contributed by atoms with Crippen LogP contribution in [0.5, 0.6) is 0 Å². The predicted molar refractivity (Wildman–Crippen MR) is 84.1 cm³/mol. The zero-order chi connectivity index (χ0) is 15.9. The van der Waals surface area contributed by atoms with Gasteiger partial charge in [0.15, 0.2) is 0 Å². The van der Waals surface area contributed by atoms with Crippen LogP contribution in [-0.2, 0) is 16.0 Å². The van der Waals surface area contributed by atoms with E-state index >= 15 is 0 Å². The summed E-state index contributed by atoms with van der Waals surface area (Å²) in [6.07, 6.45) is 0.226. The third-order valence-corrected chi connectivity index (χ3v) is 3.63. The minimum Gasteiger partial charge on any atom is -0.374 e. The summed E-state index contributed by atoms with van der Waals surface area (Å²) in [6, 6.07) is 6.14. The molecule has 0 aromatic heterocycles. The van der Waals surface area contributed by atoms with Crippen LogP contribution in [0.4, 0.5) is 4.39 Å². The highest BCUT2D eigenvalue weighted by Crippen LogP contribution is 2.08. The Hall–Kier alpha value is -1.46. The number of nitrogens with one attached hydrogen (secondary N) is 1. The average Bonchev–Trinajstić information content (AvgIpc) is 2.45. The van der Waals surface area contributed by atoms with Crippen molar-refractivity contribution in [2.45, 2.75) is 26.4 Å². The number of halogens is 1. The summed E-state index contributed by atoms with van der Waals surface area (Å²) in [7, 11) is 0. The standard InChI is InChI=1S/C17H25FN2O2/c1-13(2)11-20-6-7-22-16(12-20)10-19-17(21)9-14-4-3-5-15(18)8-14/h3-5,8,13,16H,6-7,9-12H2,1-2H3,(H,19,21). The van der Waals surface area contributed by atoms with Gasteiger partial charge in [-0.2, -0.15) is 0 Å². The summed E-state index contributed by atoms with van der Waals surface area (Å²) in [6.45, 7) is 8.46. The van der Waals surface area contributed by atoms with Crippen LogP contribution in [0.1, 0.15) is 19.4 Å². The third kappa shape index (κ3) is 5.73. The highest BCUT2D eigenvalue weighted by atomic mass is 19.1. The van der Waals surface area contributed by atoms with E-state index < -0.39 is 0 Å². The van der Waals surface area contributed by atoms with E-state index in [2.05, 4.69) is 24.1 Å². The lowest BCUT2D eigenvalue weighted by atomic mass is 10.1. The van der Waals surface area contributed by atoms with Gasteiger partial charge >= 0.3 is 0 Å². The molecule has 0 radical (unpaired) electrons. The Bertz CT molecular complexity index is 493. The maximum absolute atomic E-state index is 13.1. The fourth-order valence-electron chi connectivity index (χ4n) is 2.71. The average molecular weight is 308 g/mol. The van der Waals surface area contributed by atoms with Crippen molar-refractivity contribution in [3.05, 3.63) is 35.6 Å². The lowest BCUT2D eigenvalue weighted by Crippen LogP contribution is -2.48. The maximum atomic E-state index is 13.1. The van der Waals surface area contributed by atoms with Gasteiger partial charge in [-0.1, -0.05) is 26.0 Å². The summed E-state index contributed by atoms with van der Waals surface area (Å²) < 4.78 is 18.8. The Morgan fingerprint density at radius 2 is 2.32 bits per heavy atom. The molecule has 1 N–H and O–H groups in total. The van der Waals surface area contributed by atoms with E-state index in [1.54, 1.807) is 12.1 Å². The summed E-state index contributed by atoms with van der Waals surface area (Å²) in [5.41, 5.74) is 0.684. The first-order chi connectivity index (χ1) is 10.5. The highest BCUT2D eigenvalue weighted by Gasteiger charge is 2.21. The van der Waals surface area contributed by atoms with Gasteiger partial charge in [0.1, 0.15) is 5.82 Å². The van der Waals surface area contributed by atoms with E-state index in [1.807, 2.05) is 0 Å². The zero-order valence-corrected chi connectivity index (χ0v) is 13.3. The smallest absolute Gasteiger partial charge is 0.224 e. The van der Waals surface area contributed by atoms with Crippen LogP contribution in [0.15, 0.2) is 24.3 Å². The fraction of sp³-hybridized carbons (Fsp3) is 0.588. The molecule has 22 heavy (non-hydrogen) atoms. The minimum absolute atomic E-state index is 0.0314. The monoisotopic (exact) mass is 308 g/mol. The Balaban J connectivity index is 1.73. The lowest BCUT2D eigenvalue weighted by Gasteiger charge is -2.33. The van der Waals surface area contributed by atoms with Crippen molar-refractivity contribution in [2.24, 2.45) is 5.92 Å². The molecule has 0 spiro atoms. The quantitative estimate of drug-likeness (QED) is 0.872. The molecule has 4 nitrogen and oxygen atoms in total. The number of hydrogen-bond acceptors (Lipinski definition) is 3. The number of carbonyl (C=O) groups is 1.